The molecule has 1 aromatic carbocycles. The zero-order valence-corrected chi connectivity index (χ0v) is 10.4. The fraction of sp³-hybridized carbons (Fsp3) is 0.400. The Morgan fingerprint density at radius 3 is 2.50 bits per heavy atom. The summed E-state index contributed by atoms with van der Waals surface area (Å²) in [5.74, 6) is 0. The SMILES string of the molecule is CC(C)NCc1cccc(Cl)c1Cl.[Cl-]. The molecule has 0 saturated carbocycles. The second-order valence-corrected chi connectivity index (χ2v) is 4.03. The fourth-order valence-electron chi connectivity index (χ4n) is 0.999. The van der Waals surface area contributed by atoms with Crippen molar-refractivity contribution in [1.82, 2.24) is 5.32 Å². The van der Waals surface area contributed by atoms with E-state index >= 15 is 0 Å². The van der Waals surface area contributed by atoms with Crippen molar-refractivity contribution < 1.29 is 12.4 Å². The zero-order valence-electron chi connectivity index (χ0n) is 8.15. The molecular weight excluding hydrogens is 240 g/mol. The lowest BCUT2D eigenvalue weighted by Crippen LogP contribution is -3.00. The summed E-state index contributed by atoms with van der Waals surface area (Å²) in [7, 11) is 0. The van der Waals surface area contributed by atoms with Crippen LogP contribution in [0.3, 0.4) is 0 Å². The summed E-state index contributed by atoms with van der Waals surface area (Å²) < 4.78 is 0. The van der Waals surface area contributed by atoms with Crippen molar-refractivity contribution in [2.24, 2.45) is 0 Å². The molecule has 0 aliphatic rings. The number of halogens is 3. The van der Waals surface area contributed by atoms with Gasteiger partial charge < -0.3 is 17.7 Å². The first-order valence-corrected chi connectivity index (χ1v) is 5.03. The molecule has 0 unspecified atom stereocenters. The van der Waals surface area contributed by atoms with Gasteiger partial charge in [-0.1, -0.05) is 49.2 Å². The van der Waals surface area contributed by atoms with Gasteiger partial charge >= 0.3 is 0 Å². The van der Waals surface area contributed by atoms with E-state index < -0.39 is 0 Å². The molecule has 1 N–H and O–H groups in total. The predicted octanol–water partition coefficient (Wildman–Crippen LogP) is 0.495. The van der Waals surface area contributed by atoms with Crippen LogP contribution in [0.4, 0.5) is 0 Å². The summed E-state index contributed by atoms with van der Waals surface area (Å²) in [5, 5.41) is 4.55. The van der Waals surface area contributed by atoms with Crippen molar-refractivity contribution >= 4 is 23.2 Å². The molecule has 4 heteroatoms. The van der Waals surface area contributed by atoms with Crippen LogP contribution in [0.5, 0.6) is 0 Å². The van der Waals surface area contributed by atoms with Gasteiger partial charge in [0.05, 0.1) is 10.0 Å². The van der Waals surface area contributed by atoms with Crippen molar-refractivity contribution in [3.63, 3.8) is 0 Å². The average Bonchev–Trinajstić information content (AvgIpc) is 2.07. The third-order valence-electron chi connectivity index (χ3n) is 1.73. The molecule has 1 rings (SSSR count). The van der Waals surface area contributed by atoms with E-state index in [1.807, 2.05) is 12.1 Å². The van der Waals surface area contributed by atoms with Gasteiger partial charge in [-0.25, -0.2) is 0 Å². The van der Waals surface area contributed by atoms with Crippen molar-refractivity contribution in [1.29, 1.82) is 0 Å². The van der Waals surface area contributed by atoms with Gasteiger partial charge in [0.25, 0.3) is 0 Å². The van der Waals surface area contributed by atoms with E-state index in [9.17, 15) is 0 Å². The van der Waals surface area contributed by atoms with Gasteiger partial charge in [-0.05, 0) is 11.6 Å². The van der Waals surface area contributed by atoms with Crippen molar-refractivity contribution in [2.45, 2.75) is 26.4 Å². The molecule has 0 atom stereocenters. The van der Waals surface area contributed by atoms with Crippen LogP contribution in [-0.4, -0.2) is 6.04 Å². The van der Waals surface area contributed by atoms with Gasteiger partial charge in [0.15, 0.2) is 0 Å². The molecule has 0 bridgehead atoms. The van der Waals surface area contributed by atoms with Crippen LogP contribution in [0.25, 0.3) is 0 Å². The molecule has 0 aromatic heterocycles. The first-order chi connectivity index (χ1) is 6.11. The summed E-state index contributed by atoms with van der Waals surface area (Å²) in [4.78, 5) is 0. The Morgan fingerprint density at radius 2 is 1.93 bits per heavy atom. The van der Waals surface area contributed by atoms with E-state index in [4.69, 9.17) is 23.2 Å². The lowest BCUT2D eigenvalue weighted by molar-refractivity contribution is -0.00000276. The van der Waals surface area contributed by atoms with Gasteiger partial charge in [-0.2, -0.15) is 0 Å². The minimum atomic E-state index is 0. The van der Waals surface area contributed by atoms with Crippen LogP contribution in [0.1, 0.15) is 19.4 Å². The molecule has 0 saturated heterocycles. The van der Waals surface area contributed by atoms with E-state index in [1.165, 1.54) is 0 Å². The summed E-state index contributed by atoms with van der Waals surface area (Å²) in [5.41, 5.74) is 1.04. The first kappa shape index (κ1) is 14.1. The normalized spacial score (nSPS) is 10.1. The van der Waals surface area contributed by atoms with Gasteiger partial charge in [0.1, 0.15) is 0 Å². The molecule has 0 aliphatic carbocycles. The number of hydrogen-bond donors (Lipinski definition) is 1. The summed E-state index contributed by atoms with van der Waals surface area (Å²) >= 11 is 11.9. The standard InChI is InChI=1S/C10H13Cl2N.ClH/c1-7(2)13-6-8-4-3-5-9(11)10(8)12;/h3-5,7,13H,6H2,1-2H3;1H/p-1. The minimum absolute atomic E-state index is 0. The van der Waals surface area contributed by atoms with Crippen molar-refractivity contribution in [3.05, 3.63) is 33.8 Å². The van der Waals surface area contributed by atoms with E-state index in [2.05, 4.69) is 19.2 Å². The Labute approximate surface area is 101 Å². The molecule has 80 valence electrons. The Hall–Kier alpha value is 0.0500. The van der Waals surface area contributed by atoms with Gasteiger partial charge in [0, 0.05) is 12.6 Å². The fourth-order valence-corrected chi connectivity index (χ4v) is 1.39. The largest absolute Gasteiger partial charge is 1.00 e. The maximum atomic E-state index is 6.00. The predicted molar refractivity (Wildman–Crippen MR) is 58.4 cm³/mol. The third kappa shape index (κ3) is 4.05. The molecule has 0 spiro atoms. The number of benzene rings is 1. The molecule has 0 amide bonds. The van der Waals surface area contributed by atoms with E-state index in [0.29, 0.717) is 16.1 Å². The smallest absolute Gasteiger partial charge is 0.0637 e. The monoisotopic (exact) mass is 252 g/mol. The van der Waals surface area contributed by atoms with Crippen LogP contribution in [-0.2, 0) is 6.54 Å². The van der Waals surface area contributed by atoms with Crippen LogP contribution in [0.2, 0.25) is 10.0 Å². The average molecular weight is 254 g/mol. The molecule has 0 radical (unpaired) electrons. The van der Waals surface area contributed by atoms with Crippen LogP contribution in [0, 0.1) is 0 Å². The van der Waals surface area contributed by atoms with Gasteiger partial charge in [-0.3, -0.25) is 0 Å². The number of nitrogens with one attached hydrogen (secondary N) is 1. The number of hydrogen-bond acceptors (Lipinski definition) is 1. The topological polar surface area (TPSA) is 12.0 Å². The molecule has 14 heavy (non-hydrogen) atoms. The molecule has 0 aliphatic heterocycles. The highest BCUT2D eigenvalue weighted by Gasteiger charge is 2.03. The molecule has 1 nitrogen and oxygen atoms in total. The van der Waals surface area contributed by atoms with E-state index in [-0.39, 0.29) is 12.4 Å². The molecule has 0 heterocycles. The molecular formula is C10H13Cl3N-. The lowest BCUT2D eigenvalue weighted by Gasteiger charge is -2.09. The van der Waals surface area contributed by atoms with Crippen LogP contribution < -0.4 is 17.7 Å². The third-order valence-corrected chi connectivity index (χ3v) is 2.59. The Morgan fingerprint density at radius 1 is 1.29 bits per heavy atom. The summed E-state index contributed by atoms with van der Waals surface area (Å²) in [6, 6.07) is 6.13. The summed E-state index contributed by atoms with van der Waals surface area (Å²) in [6.07, 6.45) is 0. The summed E-state index contributed by atoms with van der Waals surface area (Å²) in [6.45, 7) is 4.95. The van der Waals surface area contributed by atoms with Crippen molar-refractivity contribution in [3.8, 4) is 0 Å². The lowest BCUT2D eigenvalue weighted by atomic mass is 10.2. The van der Waals surface area contributed by atoms with Crippen LogP contribution in [0.15, 0.2) is 18.2 Å². The van der Waals surface area contributed by atoms with E-state index in [1.54, 1.807) is 6.07 Å². The second-order valence-electron chi connectivity index (χ2n) is 3.25. The number of rotatable bonds is 3. The highest BCUT2D eigenvalue weighted by Crippen LogP contribution is 2.25. The second kappa shape index (κ2) is 6.52. The zero-order chi connectivity index (χ0) is 9.84. The molecule has 0 fully saturated rings. The quantitative estimate of drug-likeness (QED) is 0.827. The Balaban J connectivity index is 0.00000169. The van der Waals surface area contributed by atoms with Gasteiger partial charge in [-0.15, -0.1) is 0 Å². The van der Waals surface area contributed by atoms with Crippen molar-refractivity contribution in [2.75, 3.05) is 0 Å². The van der Waals surface area contributed by atoms with E-state index in [0.717, 1.165) is 12.1 Å². The molecule has 1 aromatic rings. The van der Waals surface area contributed by atoms with Crippen LogP contribution >= 0.6 is 23.2 Å². The Bertz CT molecular complexity index is 287. The first-order valence-electron chi connectivity index (χ1n) is 4.27. The minimum Gasteiger partial charge on any atom is -1.00 e. The maximum Gasteiger partial charge on any atom is 0.0637 e. The Kier molecular flexibility index (Phi) is 6.54. The highest BCUT2D eigenvalue weighted by molar-refractivity contribution is 6.42. The van der Waals surface area contributed by atoms with Gasteiger partial charge in [0.2, 0.25) is 0 Å². The highest BCUT2D eigenvalue weighted by atomic mass is 35.5. The maximum absolute atomic E-state index is 6.00.